The van der Waals surface area contributed by atoms with Gasteiger partial charge in [-0.05, 0) is 29.3 Å². The van der Waals surface area contributed by atoms with Gasteiger partial charge in [0.1, 0.15) is 17.4 Å². The zero-order valence-electron chi connectivity index (χ0n) is 12.8. The number of benzene rings is 2. The van der Waals surface area contributed by atoms with Crippen LogP contribution in [0, 0.1) is 0 Å². The topological polar surface area (TPSA) is 59.3 Å². The van der Waals surface area contributed by atoms with Crippen molar-refractivity contribution in [3.8, 4) is 0 Å². The molecule has 5 heteroatoms. The fraction of sp³-hybridized carbons (Fsp3) is 0.158. The average molecular weight is 337 g/mol. The third kappa shape index (κ3) is 3.08. The third-order valence-electron chi connectivity index (χ3n) is 4.06. The van der Waals surface area contributed by atoms with Crippen molar-refractivity contribution in [1.82, 2.24) is 5.32 Å². The van der Waals surface area contributed by atoms with Gasteiger partial charge in [0.05, 0.1) is 0 Å². The van der Waals surface area contributed by atoms with Crippen molar-refractivity contribution in [1.29, 1.82) is 0 Å². The van der Waals surface area contributed by atoms with Crippen LogP contribution >= 0.6 is 11.8 Å². The summed E-state index contributed by atoms with van der Waals surface area (Å²) in [6.45, 7) is 0. The fourth-order valence-electron chi connectivity index (χ4n) is 2.92. The second-order valence-corrected chi connectivity index (χ2v) is 6.83. The van der Waals surface area contributed by atoms with Crippen LogP contribution in [-0.4, -0.2) is 16.4 Å². The number of carbonyl (C=O) groups excluding carboxylic acids is 2. The molecule has 24 heavy (non-hydrogen) atoms. The average Bonchev–Trinajstić information content (AvgIpc) is 3.10. The summed E-state index contributed by atoms with van der Waals surface area (Å²) < 4.78 is 5.89. The summed E-state index contributed by atoms with van der Waals surface area (Å²) in [5, 5.41) is 3.33. The van der Waals surface area contributed by atoms with Gasteiger partial charge in [-0.3, -0.25) is 9.59 Å². The number of furan rings is 1. The van der Waals surface area contributed by atoms with Crippen molar-refractivity contribution in [2.24, 2.45) is 0 Å². The van der Waals surface area contributed by atoms with Crippen LogP contribution in [0.5, 0.6) is 0 Å². The first-order valence-electron chi connectivity index (χ1n) is 7.75. The Labute approximate surface area is 143 Å². The molecule has 1 fully saturated rings. The van der Waals surface area contributed by atoms with Gasteiger partial charge in [0.25, 0.3) is 5.24 Å². The molecule has 1 unspecified atom stereocenters. The predicted octanol–water partition coefficient (Wildman–Crippen LogP) is 3.92. The Morgan fingerprint density at radius 2 is 1.83 bits per heavy atom. The molecule has 1 aliphatic heterocycles. The molecule has 0 spiro atoms. The van der Waals surface area contributed by atoms with Crippen molar-refractivity contribution >= 4 is 33.1 Å². The van der Waals surface area contributed by atoms with Gasteiger partial charge in [0.2, 0.25) is 5.12 Å². The van der Waals surface area contributed by atoms with E-state index in [1.54, 1.807) is 0 Å². The molecule has 0 saturated carbocycles. The van der Waals surface area contributed by atoms with E-state index in [9.17, 15) is 9.59 Å². The molecule has 1 atom stereocenters. The number of nitrogens with one attached hydrogen (secondary N) is 1. The van der Waals surface area contributed by atoms with Crippen LogP contribution in [0.3, 0.4) is 0 Å². The summed E-state index contributed by atoms with van der Waals surface area (Å²) in [6.07, 6.45) is 1.26. The Hall–Kier alpha value is -2.53. The van der Waals surface area contributed by atoms with Gasteiger partial charge in [-0.15, -0.1) is 0 Å². The molecule has 1 saturated heterocycles. The van der Waals surface area contributed by atoms with Crippen molar-refractivity contribution in [2.45, 2.75) is 18.9 Å². The summed E-state index contributed by atoms with van der Waals surface area (Å²) in [7, 11) is 0. The van der Waals surface area contributed by atoms with Gasteiger partial charge in [-0.2, -0.15) is 0 Å². The maximum Gasteiger partial charge on any atom is 0.287 e. The number of carbonyl (C=O) groups is 2. The monoisotopic (exact) mass is 337 g/mol. The molecule has 4 rings (SSSR count). The smallest absolute Gasteiger partial charge is 0.287 e. The van der Waals surface area contributed by atoms with Crippen LogP contribution in [0.1, 0.15) is 16.9 Å². The van der Waals surface area contributed by atoms with E-state index in [2.05, 4.69) is 17.4 Å². The molecule has 1 aromatic heterocycles. The Balaban J connectivity index is 1.55. The van der Waals surface area contributed by atoms with E-state index in [1.807, 2.05) is 42.5 Å². The number of hydrogen-bond donors (Lipinski definition) is 1. The maximum atomic E-state index is 11.7. The molecule has 0 aliphatic carbocycles. The Kier molecular flexibility index (Phi) is 3.86. The Bertz CT molecular complexity index is 917. The quantitative estimate of drug-likeness (QED) is 0.784. The molecule has 120 valence electrons. The minimum Gasteiger partial charge on any atom is -0.461 e. The highest BCUT2D eigenvalue weighted by atomic mass is 32.2. The first kappa shape index (κ1) is 15.0. The molecule has 1 N–H and O–H groups in total. The number of thioether (sulfide) groups is 1. The van der Waals surface area contributed by atoms with Crippen LogP contribution in [0.4, 0.5) is 4.79 Å². The summed E-state index contributed by atoms with van der Waals surface area (Å²) in [6, 6.07) is 17.7. The minimum absolute atomic E-state index is 0.114. The second kappa shape index (κ2) is 6.17. The normalized spacial score (nSPS) is 17.4. The summed E-state index contributed by atoms with van der Waals surface area (Å²) in [4.78, 5) is 23.0. The summed E-state index contributed by atoms with van der Waals surface area (Å²) >= 11 is 0.749. The predicted molar refractivity (Wildman–Crippen MR) is 94.1 cm³/mol. The lowest BCUT2D eigenvalue weighted by Gasteiger charge is -2.07. The number of amides is 1. The van der Waals surface area contributed by atoms with E-state index in [0.717, 1.165) is 40.5 Å². The first-order valence-corrected chi connectivity index (χ1v) is 8.56. The molecule has 0 radical (unpaired) electrons. The van der Waals surface area contributed by atoms with Crippen molar-refractivity contribution in [3.63, 3.8) is 0 Å². The minimum atomic E-state index is -0.435. The molecule has 2 heterocycles. The van der Waals surface area contributed by atoms with Crippen LogP contribution in [0.15, 0.2) is 59.0 Å². The van der Waals surface area contributed by atoms with E-state index in [1.165, 1.54) is 5.56 Å². The summed E-state index contributed by atoms with van der Waals surface area (Å²) in [5.41, 5.74) is 3.05. The lowest BCUT2D eigenvalue weighted by Crippen LogP contribution is -2.30. The Morgan fingerprint density at radius 3 is 2.58 bits per heavy atom. The molecular weight excluding hydrogens is 322 g/mol. The third-order valence-corrected chi connectivity index (χ3v) is 4.85. The SMILES string of the molecule is O=C1NC(Cc2ccc3oc(Cc4ccccc4)cc3c2)C(=O)S1. The van der Waals surface area contributed by atoms with Gasteiger partial charge in [-0.25, -0.2) is 0 Å². The van der Waals surface area contributed by atoms with Crippen LogP contribution in [0.2, 0.25) is 0 Å². The van der Waals surface area contributed by atoms with Crippen molar-refractivity contribution in [2.75, 3.05) is 0 Å². The number of hydrogen-bond acceptors (Lipinski definition) is 4. The molecule has 3 aromatic rings. The molecule has 1 amide bonds. The molecule has 1 aliphatic rings. The highest BCUT2D eigenvalue weighted by Gasteiger charge is 2.31. The van der Waals surface area contributed by atoms with Gasteiger partial charge in [-0.1, -0.05) is 36.4 Å². The molecule has 0 bridgehead atoms. The van der Waals surface area contributed by atoms with Crippen molar-refractivity contribution in [3.05, 3.63) is 71.5 Å². The first-order chi connectivity index (χ1) is 11.7. The van der Waals surface area contributed by atoms with Gasteiger partial charge in [0.15, 0.2) is 0 Å². The van der Waals surface area contributed by atoms with Crippen LogP contribution < -0.4 is 5.32 Å². The van der Waals surface area contributed by atoms with Crippen LogP contribution in [0.25, 0.3) is 11.0 Å². The van der Waals surface area contributed by atoms with E-state index in [0.29, 0.717) is 6.42 Å². The number of fused-ring (bicyclic) bond motifs is 1. The maximum absolute atomic E-state index is 11.7. The van der Waals surface area contributed by atoms with Gasteiger partial charge in [0, 0.05) is 30.0 Å². The van der Waals surface area contributed by atoms with E-state index >= 15 is 0 Å². The largest absolute Gasteiger partial charge is 0.461 e. The van der Waals surface area contributed by atoms with Gasteiger partial charge < -0.3 is 9.73 Å². The molecule has 4 nitrogen and oxygen atoms in total. The lowest BCUT2D eigenvalue weighted by molar-refractivity contribution is -0.112. The Morgan fingerprint density at radius 1 is 1.00 bits per heavy atom. The van der Waals surface area contributed by atoms with Gasteiger partial charge >= 0.3 is 0 Å². The highest BCUT2D eigenvalue weighted by Crippen LogP contribution is 2.25. The van der Waals surface area contributed by atoms with E-state index in [4.69, 9.17) is 4.42 Å². The second-order valence-electron chi connectivity index (χ2n) is 5.86. The molecular formula is C19H15NO3S. The van der Waals surface area contributed by atoms with E-state index < -0.39 is 6.04 Å². The fourth-order valence-corrected chi connectivity index (χ4v) is 3.59. The number of rotatable bonds is 4. The lowest BCUT2D eigenvalue weighted by atomic mass is 10.0. The molecule has 2 aromatic carbocycles. The zero-order valence-corrected chi connectivity index (χ0v) is 13.6. The van der Waals surface area contributed by atoms with E-state index in [-0.39, 0.29) is 10.4 Å². The highest BCUT2D eigenvalue weighted by molar-refractivity contribution is 8.26. The summed E-state index contributed by atoms with van der Waals surface area (Å²) in [5.74, 6) is 0.911. The standard InChI is InChI=1S/C19H15NO3S/c21-18-16(20-19(22)24-18)10-13-6-7-17-14(8-13)11-15(23-17)9-12-4-2-1-3-5-12/h1-8,11,16H,9-10H2,(H,20,22). The van der Waals surface area contributed by atoms with Crippen molar-refractivity contribution < 1.29 is 14.0 Å². The zero-order chi connectivity index (χ0) is 16.5. The van der Waals surface area contributed by atoms with Crippen LogP contribution in [-0.2, 0) is 17.6 Å².